The molecule has 0 atom stereocenters. The minimum absolute atomic E-state index is 0.0305. The Labute approximate surface area is 154 Å². The molecule has 26 heavy (non-hydrogen) atoms. The third-order valence-electron chi connectivity index (χ3n) is 5.21. The van der Waals surface area contributed by atoms with Crippen LogP contribution >= 0.6 is 0 Å². The van der Waals surface area contributed by atoms with Crippen LogP contribution in [0.2, 0.25) is 0 Å². The van der Waals surface area contributed by atoms with Crippen LogP contribution in [0.5, 0.6) is 0 Å². The summed E-state index contributed by atoms with van der Waals surface area (Å²) < 4.78 is 0. The monoisotopic (exact) mass is 351 g/mol. The summed E-state index contributed by atoms with van der Waals surface area (Å²) in [5.41, 5.74) is 1.80. The van der Waals surface area contributed by atoms with Gasteiger partial charge in [-0.15, -0.1) is 0 Å². The number of piperazine rings is 1. The molecular weight excluding hydrogens is 326 g/mol. The number of hydrogen-bond acceptors (Lipinski definition) is 5. The van der Waals surface area contributed by atoms with Gasteiger partial charge in [-0.05, 0) is 31.4 Å². The molecular formula is C20H25N5O. The lowest BCUT2D eigenvalue weighted by Crippen LogP contribution is -2.48. The Morgan fingerprint density at radius 3 is 2.08 bits per heavy atom. The minimum atomic E-state index is 0.0305. The SMILES string of the molecule is O=C(c1cnc(N2CCCCC2)nc1)N1CCN(c2ccccc2)CC1. The van der Waals surface area contributed by atoms with Gasteiger partial charge in [-0.2, -0.15) is 0 Å². The molecule has 2 fully saturated rings. The number of rotatable bonds is 3. The molecule has 3 heterocycles. The highest BCUT2D eigenvalue weighted by Gasteiger charge is 2.23. The first-order valence-electron chi connectivity index (χ1n) is 9.47. The molecule has 0 spiro atoms. The molecule has 2 aliphatic rings. The summed E-state index contributed by atoms with van der Waals surface area (Å²) in [5, 5.41) is 0. The Balaban J connectivity index is 1.36. The Bertz CT molecular complexity index is 720. The van der Waals surface area contributed by atoms with Crippen molar-refractivity contribution in [1.82, 2.24) is 14.9 Å². The molecule has 0 N–H and O–H groups in total. The van der Waals surface area contributed by atoms with E-state index in [0.29, 0.717) is 5.56 Å². The van der Waals surface area contributed by atoms with E-state index in [4.69, 9.17) is 0 Å². The number of nitrogens with zero attached hydrogens (tertiary/aromatic N) is 5. The first-order valence-corrected chi connectivity index (χ1v) is 9.47. The third-order valence-corrected chi connectivity index (χ3v) is 5.21. The van der Waals surface area contributed by atoms with Gasteiger partial charge in [0, 0.05) is 57.3 Å². The van der Waals surface area contributed by atoms with Crippen molar-refractivity contribution in [1.29, 1.82) is 0 Å². The van der Waals surface area contributed by atoms with E-state index in [2.05, 4.69) is 31.9 Å². The number of benzene rings is 1. The van der Waals surface area contributed by atoms with Crippen molar-refractivity contribution < 1.29 is 4.79 Å². The second-order valence-electron chi connectivity index (χ2n) is 6.93. The van der Waals surface area contributed by atoms with Crippen LogP contribution < -0.4 is 9.80 Å². The molecule has 4 rings (SSSR count). The van der Waals surface area contributed by atoms with E-state index >= 15 is 0 Å². The van der Waals surface area contributed by atoms with Gasteiger partial charge >= 0.3 is 0 Å². The molecule has 0 radical (unpaired) electrons. The molecule has 2 saturated heterocycles. The van der Waals surface area contributed by atoms with E-state index in [1.807, 2.05) is 23.1 Å². The van der Waals surface area contributed by atoms with Crippen LogP contribution in [0.1, 0.15) is 29.6 Å². The summed E-state index contributed by atoms with van der Waals surface area (Å²) in [6, 6.07) is 10.4. The van der Waals surface area contributed by atoms with Gasteiger partial charge in [0.25, 0.3) is 5.91 Å². The average Bonchev–Trinajstić information content (AvgIpc) is 2.75. The maximum atomic E-state index is 12.7. The van der Waals surface area contributed by atoms with Crippen LogP contribution in [0.15, 0.2) is 42.7 Å². The Hall–Kier alpha value is -2.63. The molecule has 6 heteroatoms. The van der Waals surface area contributed by atoms with Gasteiger partial charge < -0.3 is 14.7 Å². The van der Waals surface area contributed by atoms with E-state index < -0.39 is 0 Å². The second kappa shape index (κ2) is 7.72. The molecule has 1 aromatic heterocycles. The maximum Gasteiger partial charge on any atom is 0.257 e. The normalized spacial score (nSPS) is 18.1. The lowest BCUT2D eigenvalue weighted by atomic mass is 10.1. The van der Waals surface area contributed by atoms with Crippen molar-refractivity contribution >= 4 is 17.5 Å². The molecule has 2 aromatic rings. The highest BCUT2D eigenvalue weighted by molar-refractivity contribution is 5.93. The van der Waals surface area contributed by atoms with Crippen molar-refractivity contribution in [3.05, 3.63) is 48.3 Å². The van der Waals surface area contributed by atoms with E-state index in [9.17, 15) is 4.79 Å². The molecule has 0 saturated carbocycles. The number of carbonyl (C=O) groups excluding carboxylic acids is 1. The number of para-hydroxylation sites is 1. The highest BCUT2D eigenvalue weighted by Crippen LogP contribution is 2.18. The Morgan fingerprint density at radius 2 is 1.42 bits per heavy atom. The van der Waals surface area contributed by atoms with Crippen molar-refractivity contribution in [3.8, 4) is 0 Å². The van der Waals surface area contributed by atoms with E-state index in [0.717, 1.165) is 45.2 Å². The van der Waals surface area contributed by atoms with Gasteiger partial charge in [0.05, 0.1) is 5.56 Å². The summed E-state index contributed by atoms with van der Waals surface area (Å²) in [6.45, 7) is 5.16. The van der Waals surface area contributed by atoms with Gasteiger partial charge in [-0.1, -0.05) is 18.2 Å². The largest absolute Gasteiger partial charge is 0.368 e. The molecule has 1 aromatic carbocycles. The molecule has 0 unspecified atom stereocenters. The first kappa shape index (κ1) is 16.8. The molecule has 136 valence electrons. The number of carbonyl (C=O) groups is 1. The molecule has 0 bridgehead atoms. The number of amides is 1. The highest BCUT2D eigenvalue weighted by atomic mass is 16.2. The molecule has 0 aliphatic carbocycles. The van der Waals surface area contributed by atoms with Crippen LogP contribution in [-0.4, -0.2) is 60.0 Å². The van der Waals surface area contributed by atoms with Gasteiger partial charge in [0.1, 0.15) is 0 Å². The molecule has 2 aliphatic heterocycles. The summed E-state index contributed by atoms with van der Waals surface area (Å²) in [6.07, 6.45) is 7.03. The number of piperidine rings is 1. The van der Waals surface area contributed by atoms with E-state index in [1.165, 1.54) is 24.9 Å². The fourth-order valence-corrected chi connectivity index (χ4v) is 3.68. The molecule has 6 nitrogen and oxygen atoms in total. The van der Waals surface area contributed by atoms with Crippen LogP contribution in [0.25, 0.3) is 0 Å². The zero-order valence-corrected chi connectivity index (χ0v) is 15.0. The van der Waals surface area contributed by atoms with Crippen LogP contribution in [0.3, 0.4) is 0 Å². The van der Waals surface area contributed by atoms with Gasteiger partial charge in [-0.3, -0.25) is 4.79 Å². The fourth-order valence-electron chi connectivity index (χ4n) is 3.68. The Morgan fingerprint density at radius 1 is 0.769 bits per heavy atom. The van der Waals surface area contributed by atoms with Crippen molar-refractivity contribution in [2.75, 3.05) is 49.1 Å². The van der Waals surface area contributed by atoms with E-state index in [-0.39, 0.29) is 5.91 Å². The van der Waals surface area contributed by atoms with Crippen LogP contribution in [-0.2, 0) is 0 Å². The zero-order chi connectivity index (χ0) is 17.8. The second-order valence-corrected chi connectivity index (χ2v) is 6.93. The van der Waals surface area contributed by atoms with Crippen LogP contribution in [0.4, 0.5) is 11.6 Å². The predicted octanol–water partition coefficient (Wildman–Crippen LogP) is 2.43. The summed E-state index contributed by atoms with van der Waals surface area (Å²) in [5.74, 6) is 0.776. The zero-order valence-electron chi connectivity index (χ0n) is 15.0. The number of aromatic nitrogens is 2. The Kier molecular flexibility index (Phi) is 5.00. The van der Waals surface area contributed by atoms with Crippen molar-refractivity contribution in [3.63, 3.8) is 0 Å². The van der Waals surface area contributed by atoms with Gasteiger partial charge in [0.2, 0.25) is 5.95 Å². The van der Waals surface area contributed by atoms with Gasteiger partial charge in [-0.25, -0.2) is 9.97 Å². The van der Waals surface area contributed by atoms with Crippen LogP contribution in [0, 0.1) is 0 Å². The topological polar surface area (TPSA) is 52.6 Å². The first-order chi connectivity index (χ1) is 12.8. The lowest BCUT2D eigenvalue weighted by molar-refractivity contribution is 0.0746. The summed E-state index contributed by atoms with van der Waals surface area (Å²) >= 11 is 0. The number of hydrogen-bond donors (Lipinski definition) is 0. The smallest absolute Gasteiger partial charge is 0.257 e. The molecule has 1 amide bonds. The van der Waals surface area contributed by atoms with Crippen molar-refractivity contribution in [2.24, 2.45) is 0 Å². The summed E-state index contributed by atoms with van der Waals surface area (Å²) in [7, 11) is 0. The van der Waals surface area contributed by atoms with E-state index in [1.54, 1.807) is 12.4 Å². The van der Waals surface area contributed by atoms with Gasteiger partial charge in [0.15, 0.2) is 0 Å². The minimum Gasteiger partial charge on any atom is -0.368 e. The standard InChI is InChI=1S/C20H25N5O/c26-19(17-15-21-20(22-16-17)25-9-5-2-6-10-25)24-13-11-23(12-14-24)18-7-3-1-4-8-18/h1,3-4,7-8,15-16H,2,5-6,9-14H2. The predicted molar refractivity (Wildman–Crippen MR) is 103 cm³/mol. The lowest BCUT2D eigenvalue weighted by Gasteiger charge is -2.36. The van der Waals surface area contributed by atoms with Crippen molar-refractivity contribution in [2.45, 2.75) is 19.3 Å². The third kappa shape index (κ3) is 3.64. The quantitative estimate of drug-likeness (QED) is 0.850. The summed E-state index contributed by atoms with van der Waals surface area (Å²) in [4.78, 5) is 28.0. The average molecular weight is 351 g/mol. The fraction of sp³-hybridized carbons (Fsp3) is 0.450. The number of anilines is 2. The maximum absolute atomic E-state index is 12.7.